The summed E-state index contributed by atoms with van der Waals surface area (Å²) in [6.45, 7) is 6.90. The van der Waals surface area contributed by atoms with E-state index in [0.717, 1.165) is 10.4 Å². The van der Waals surface area contributed by atoms with Crippen molar-refractivity contribution in [2.24, 2.45) is 5.92 Å². The van der Waals surface area contributed by atoms with Crippen molar-refractivity contribution in [3.8, 4) is 0 Å². The van der Waals surface area contributed by atoms with Crippen molar-refractivity contribution in [1.29, 1.82) is 0 Å². The molecular formula is C15H19N+. The second-order valence-corrected chi connectivity index (χ2v) is 5.39. The van der Waals surface area contributed by atoms with E-state index in [-0.39, 0.29) is 0 Å². The zero-order valence-electron chi connectivity index (χ0n) is 9.95. The van der Waals surface area contributed by atoms with E-state index in [4.69, 9.17) is 0 Å². The fourth-order valence-electron chi connectivity index (χ4n) is 3.17. The summed E-state index contributed by atoms with van der Waals surface area (Å²) in [5.74, 6) is 2.07. The van der Waals surface area contributed by atoms with E-state index < -0.39 is 0 Å². The SMILES string of the molecule is C=C1/C(=C\[C]2[CH][CH][CH][CH]2)[N+]2(C)CCC1CC2. The lowest BCUT2D eigenvalue weighted by atomic mass is 9.79. The van der Waals surface area contributed by atoms with Gasteiger partial charge in [0.2, 0.25) is 0 Å². The minimum atomic E-state index is 0.751. The topological polar surface area (TPSA) is 0 Å². The highest BCUT2D eigenvalue weighted by Gasteiger charge is 2.44. The van der Waals surface area contributed by atoms with Crippen LogP contribution in [0.5, 0.6) is 0 Å². The molecule has 0 unspecified atom stereocenters. The molecular weight excluding hydrogens is 194 g/mol. The van der Waals surface area contributed by atoms with Crippen LogP contribution in [-0.2, 0) is 0 Å². The Bertz CT molecular complexity index is 325. The van der Waals surface area contributed by atoms with E-state index >= 15 is 0 Å². The first kappa shape index (κ1) is 10.6. The summed E-state index contributed by atoms with van der Waals surface area (Å²) < 4.78 is 1.10. The van der Waals surface area contributed by atoms with Crippen molar-refractivity contribution in [3.63, 3.8) is 0 Å². The van der Waals surface area contributed by atoms with Crippen LogP contribution in [0.1, 0.15) is 12.8 Å². The fraction of sp³-hybridized carbons (Fsp3) is 0.400. The summed E-state index contributed by atoms with van der Waals surface area (Å²) in [4.78, 5) is 0. The molecule has 2 bridgehead atoms. The molecule has 0 aromatic heterocycles. The van der Waals surface area contributed by atoms with Gasteiger partial charge in [0, 0.05) is 24.3 Å². The van der Waals surface area contributed by atoms with Crippen molar-refractivity contribution in [2.45, 2.75) is 12.8 Å². The highest BCUT2D eigenvalue weighted by molar-refractivity contribution is 5.46. The second-order valence-electron chi connectivity index (χ2n) is 5.39. The predicted molar refractivity (Wildman–Crippen MR) is 66.3 cm³/mol. The van der Waals surface area contributed by atoms with Gasteiger partial charge in [0.15, 0.2) is 0 Å². The van der Waals surface area contributed by atoms with E-state index in [2.05, 4.69) is 45.4 Å². The first-order valence-corrected chi connectivity index (χ1v) is 6.17. The summed E-state index contributed by atoms with van der Waals surface area (Å²) in [7, 11) is 2.36. The largest absolute Gasteiger partial charge is 0.294 e. The third kappa shape index (κ3) is 1.57. The molecule has 1 heteroatoms. The van der Waals surface area contributed by atoms with Crippen molar-refractivity contribution in [3.05, 3.63) is 55.5 Å². The van der Waals surface area contributed by atoms with Gasteiger partial charge in [-0.25, -0.2) is 0 Å². The molecule has 3 saturated heterocycles. The van der Waals surface area contributed by atoms with E-state index in [1.807, 2.05) is 0 Å². The number of nitrogens with zero attached hydrogens (tertiary/aromatic N) is 1. The number of rotatable bonds is 1. The van der Waals surface area contributed by atoms with Gasteiger partial charge >= 0.3 is 0 Å². The number of likely N-dealkylation sites (N-methyl/N-ethyl adjacent to an activating group) is 1. The highest BCUT2D eigenvalue weighted by atomic mass is 15.4. The van der Waals surface area contributed by atoms with Crippen molar-refractivity contribution >= 4 is 0 Å². The predicted octanol–water partition coefficient (Wildman–Crippen LogP) is 2.70. The third-order valence-corrected chi connectivity index (χ3v) is 4.34. The molecule has 4 rings (SSSR count). The minimum absolute atomic E-state index is 0.751. The molecule has 0 spiro atoms. The van der Waals surface area contributed by atoms with Crippen LogP contribution in [0.25, 0.3) is 0 Å². The van der Waals surface area contributed by atoms with E-state index in [0.29, 0.717) is 0 Å². The molecule has 0 aromatic rings. The van der Waals surface area contributed by atoms with Gasteiger partial charge in [-0.1, -0.05) is 6.58 Å². The Morgan fingerprint density at radius 1 is 1.25 bits per heavy atom. The van der Waals surface area contributed by atoms with Gasteiger partial charge in [-0.15, -0.1) is 0 Å². The van der Waals surface area contributed by atoms with Crippen LogP contribution in [0.4, 0.5) is 0 Å². The average Bonchev–Trinajstić information content (AvgIpc) is 2.77. The molecule has 3 heterocycles. The Morgan fingerprint density at radius 2 is 1.88 bits per heavy atom. The first-order chi connectivity index (χ1) is 7.69. The Labute approximate surface area is 99.4 Å². The van der Waals surface area contributed by atoms with Gasteiger partial charge < -0.3 is 0 Å². The Hall–Kier alpha value is -0.560. The van der Waals surface area contributed by atoms with Crippen LogP contribution in [0.15, 0.2) is 23.9 Å². The van der Waals surface area contributed by atoms with E-state index in [1.165, 1.54) is 43.1 Å². The maximum absolute atomic E-state index is 4.32. The zero-order chi connectivity index (χ0) is 11.2. The maximum Gasteiger partial charge on any atom is 0.132 e. The van der Waals surface area contributed by atoms with Crippen LogP contribution in [-0.4, -0.2) is 24.6 Å². The van der Waals surface area contributed by atoms with Crippen LogP contribution in [0, 0.1) is 37.5 Å². The molecule has 4 aliphatic rings. The summed E-state index contributed by atoms with van der Waals surface area (Å²) in [5.41, 5.74) is 2.86. The molecule has 83 valence electrons. The fourth-order valence-corrected chi connectivity index (χ4v) is 3.17. The molecule has 3 aliphatic heterocycles. The van der Waals surface area contributed by atoms with Crippen LogP contribution in [0.2, 0.25) is 0 Å². The summed E-state index contributed by atoms with van der Waals surface area (Å²) >= 11 is 0. The van der Waals surface area contributed by atoms with Gasteiger partial charge in [0.05, 0.1) is 20.1 Å². The van der Waals surface area contributed by atoms with Crippen LogP contribution < -0.4 is 0 Å². The quantitative estimate of drug-likeness (QED) is 0.587. The molecule has 4 fully saturated rings. The lowest BCUT2D eigenvalue weighted by Gasteiger charge is -2.49. The van der Waals surface area contributed by atoms with Gasteiger partial charge in [-0.2, -0.15) is 0 Å². The molecule has 1 nitrogen and oxygen atoms in total. The summed E-state index contributed by atoms with van der Waals surface area (Å²) in [6.07, 6.45) is 13.6. The third-order valence-electron chi connectivity index (χ3n) is 4.34. The van der Waals surface area contributed by atoms with Gasteiger partial charge in [-0.3, -0.25) is 4.48 Å². The van der Waals surface area contributed by atoms with Crippen molar-refractivity contribution in [2.75, 3.05) is 20.1 Å². The standard InChI is InChI=1S/C15H19N/c1-12-14-7-9-16(2,10-8-14)15(12)11-13-5-3-4-6-13/h3-6,11,14H,1,7-10H2,2H3/q+1/b15-11+. The lowest BCUT2D eigenvalue weighted by molar-refractivity contribution is -0.882. The van der Waals surface area contributed by atoms with E-state index in [9.17, 15) is 0 Å². The Morgan fingerprint density at radius 3 is 2.44 bits per heavy atom. The zero-order valence-corrected chi connectivity index (χ0v) is 9.95. The summed E-state index contributed by atoms with van der Waals surface area (Å²) in [6, 6.07) is 0. The molecule has 0 aromatic carbocycles. The lowest BCUT2D eigenvalue weighted by Crippen LogP contribution is -2.54. The number of quaternary nitrogens is 1. The monoisotopic (exact) mass is 213 g/mol. The molecule has 0 amide bonds. The highest BCUT2D eigenvalue weighted by Crippen LogP contribution is 2.44. The number of fused-ring (bicyclic) bond motifs is 3. The maximum atomic E-state index is 4.32. The van der Waals surface area contributed by atoms with E-state index in [1.54, 1.807) is 0 Å². The molecule has 0 atom stereocenters. The normalized spacial score (nSPS) is 42.2. The summed E-state index contributed by atoms with van der Waals surface area (Å²) in [5, 5.41) is 0. The van der Waals surface area contributed by atoms with Crippen molar-refractivity contribution in [1.82, 2.24) is 0 Å². The Kier molecular flexibility index (Phi) is 2.47. The smallest absolute Gasteiger partial charge is 0.132 e. The average molecular weight is 213 g/mol. The van der Waals surface area contributed by atoms with Crippen molar-refractivity contribution < 1.29 is 4.48 Å². The van der Waals surface area contributed by atoms with Gasteiger partial charge in [0.25, 0.3) is 0 Å². The molecule has 1 saturated carbocycles. The number of piperidine rings is 3. The van der Waals surface area contributed by atoms with Gasteiger partial charge in [0.1, 0.15) is 5.70 Å². The van der Waals surface area contributed by atoms with Crippen LogP contribution in [0.3, 0.4) is 0 Å². The number of hydrogen-bond donors (Lipinski definition) is 0. The van der Waals surface area contributed by atoms with Gasteiger partial charge in [-0.05, 0) is 37.7 Å². The number of hydrogen-bond acceptors (Lipinski definition) is 0. The molecule has 0 N–H and O–H groups in total. The molecule has 16 heavy (non-hydrogen) atoms. The number of allylic oxidation sites excluding steroid dienone is 2. The van der Waals surface area contributed by atoms with Crippen LogP contribution >= 0.6 is 0 Å². The second kappa shape index (κ2) is 3.73. The first-order valence-electron chi connectivity index (χ1n) is 6.17. The minimum Gasteiger partial charge on any atom is -0.294 e. The molecule has 5 radical (unpaired) electrons. The Balaban J connectivity index is 1.89. The molecule has 1 aliphatic carbocycles.